The summed E-state index contributed by atoms with van der Waals surface area (Å²) in [6.45, 7) is 3.24. The number of methoxy groups -OCH3 is 4. The number of morpholine rings is 1. The number of ketones is 1. The van der Waals surface area contributed by atoms with Crippen molar-refractivity contribution in [2.75, 3.05) is 59.6 Å². The van der Waals surface area contributed by atoms with Gasteiger partial charge in [0.2, 0.25) is 5.75 Å². The highest BCUT2D eigenvalue weighted by molar-refractivity contribution is 6.39. The van der Waals surface area contributed by atoms with Crippen LogP contribution in [-0.4, -0.2) is 60.5 Å². The molecule has 0 spiro atoms. The van der Waals surface area contributed by atoms with Crippen LogP contribution in [0.1, 0.15) is 23.1 Å². The lowest BCUT2D eigenvalue weighted by molar-refractivity contribution is -0.110. The third kappa shape index (κ3) is 5.36. The first-order chi connectivity index (χ1) is 19.1. The monoisotopic (exact) mass is 527 g/mol. The summed E-state index contributed by atoms with van der Waals surface area (Å²) in [4.78, 5) is 16.3. The smallest absolute Gasteiger partial charge is 0.203 e. The summed E-state index contributed by atoms with van der Waals surface area (Å²) in [5.74, 6) is 2.22. The Morgan fingerprint density at radius 3 is 1.97 bits per heavy atom. The average molecular weight is 528 g/mol. The van der Waals surface area contributed by atoms with Gasteiger partial charge < -0.3 is 28.6 Å². The fraction of sp³-hybridized carbons (Fsp3) is 0.281. The lowest BCUT2D eigenvalue weighted by Crippen LogP contribution is -2.36. The van der Waals surface area contributed by atoms with Gasteiger partial charge in [-0.05, 0) is 64.7 Å². The van der Waals surface area contributed by atoms with Gasteiger partial charge in [-0.15, -0.1) is 0 Å². The number of nitrogens with zero attached hydrogens (tertiary/aromatic N) is 1. The minimum Gasteiger partial charge on any atom is -0.497 e. The Balaban J connectivity index is 1.55. The first kappa shape index (κ1) is 26.4. The average Bonchev–Trinajstić information content (AvgIpc) is 3.32. The number of carbonyl (C=O) groups excluding carboxylic acids is 1. The van der Waals surface area contributed by atoms with Gasteiger partial charge in [0.15, 0.2) is 17.3 Å². The van der Waals surface area contributed by atoms with Crippen molar-refractivity contribution in [1.82, 2.24) is 0 Å². The Labute approximate surface area is 229 Å². The second-order valence-electron chi connectivity index (χ2n) is 9.36. The molecule has 1 aliphatic carbocycles. The van der Waals surface area contributed by atoms with Crippen molar-refractivity contribution >= 4 is 28.7 Å². The van der Waals surface area contributed by atoms with Crippen LogP contribution in [-0.2, 0) is 9.53 Å². The predicted molar refractivity (Wildman–Crippen MR) is 153 cm³/mol. The standard InChI is InChI=1S/C32H33NO6/c1-35-26-11-7-22(8-12-26)27-18-24(17-21-5-9-25(10-6-21)33-13-15-39-16-14-33)31(34)30(27)23-19-28(36-2)32(38-4)29(20-23)37-3/h5-12,17,19-20H,13-16,18H2,1-4H3/b24-17-. The van der Waals surface area contributed by atoms with Crippen LogP contribution in [0.4, 0.5) is 5.69 Å². The Kier molecular flexibility index (Phi) is 7.89. The summed E-state index contributed by atoms with van der Waals surface area (Å²) in [6, 6.07) is 19.8. The summed E-state index contributed by atoms with van der Waals surface area (Å²) < 4.78 is 27.5. The third-order valence-electron chi connectivity index (χ3n) is 7.19. The Morgan fingerprint density at radius 2 is 1.41 bits per heavy atom. The van der Waals surface area contributed by atoms with Crippen molar-refractivity contribution in [2.24, 2.45) is 0 Å². The molecule has 39 heavy (non-hydrogen) atoms. The zero-order valence-electron chi connectivity index (χ0n) is 22.8. The first-order valence-corrected chi connectivity index (χ1v) is 12.9. The minimum atomic E-state index is -0.0210. The molecule has 3 aromatic carbocycles. The molecule has 202 valence electrons. The van der Waals surface area contributed by atoms with E-state index in [1.165, 1.54) is 0 Å². The van der Waals surface area contributed by atoms with Gasteiger partial charge >= 0.3 is 0 Å². The van der Waals surface area contributed by atoms with Crippen molar-refractivity contribution in [3.05, 3.63) is 82.9 Å². The van der Waals surface area contributed by atoms with Gasteiger partial charge in [-0.25, -0.2) is 0 Å². The van der Waals surface area contributed by atoms with Crippen LogP contribution in [0.25, 0.3) is 17.2 Å². The van der Waals surface area contributed by atoms with E-state index in [9.17, 15) is 4.79 Å². The second-order valence-corrected chi connectivity index (χ2v) is 9.36. The van der Waals surface area contributed by atoms with E-state index in [1.54, 1.807) is 28.4 Å². The van der Waals surface area contributed by atoms with E-state index in [4.69, 9.17) is 23.7 Å². The largest absolute Gasteiger partial charge is 0.497 e. The van der Waals surface area contributed by atoms with Crippen molar-refractivity contribution in [1.29, 1.82) is 0 Å². The predicted octanol–water partition coefficient (Wildman–Crippen LogP) is 5.52. The van der Waals surface area contributed by atoms with Crippen LogP contribution in [0.3, 0.4) is 0 Å². The van der Waals surface area contributed by atoms with E-state index >= 15 is 0 Å². The highest BCUT2D eigenvalue weighted by Crippen LogP contribution is 2.46. The molecule has 7 nitrogen and oxygen atoms in total. The zero-order chi connectivity index (χ0) is 27.4. The number of anilines is 1. The number of hydrogen-bond acceptors (Lipinski definition) is 7. The quantitative estimate of drug-likeness (QED) is 0.357. The molecular weight excluding hydrogens is 494 g/mol. The summed E-state index contributed by atoms with van der Waals surface area (Å²) in [5.41, 5.74) is 6.10. The van der Waals surface area contributed by atoms with E-state index < -0.39 is 0 Å². The number of rotatable bonds is 8. The number of Topliss-reactive ketones (excluding diaryl/α,β-unsaturated/α-hetero) is 1. The van der Waals surface area contributed by atoms with Crippen molar-refractivity contribution < 1.29 is 28.5 Å². The molecule has 0 bridgehead atoms. The lowest BCUT2D eigenvalue weighted by Gasteiger charge is -2.28. The fourth-order valence-electron chi connectivity index (χ4n) is 5.15. The van der Waals surface area contributed by atoms with E-state index in [-0.39, 0.29) is 5.78 Å². The molecule has 0 N–H and O–H groups in total. The zero-order valence-corrected chi connectivity index (χ0v) is 22.8. The molecule has 1 heterocycles. The summed E-state index contributed by atoms with van der Waals surface area (Å²) in [7, 11) is 6.35. The Morgan fingerprint density at radius 1 is 0.769 bits per heavy atom. The maximum Gasteiger partial charge on any atom is 0.203 e. The van der Waals surface area contributed by atoms with Crippen LogP contribution in [0.15, 0.2) is 66.2 Å². The number of allylic oxidation sites excluding steroid dienone is 3. The summed E-state index contributed by atoms with van der Waals surface area (Å²) in [5, 5.41) is 0. The normalized spacial score (nSPS) is 16.6. The number of benzene rings is 3. The highest BCUT2D eigenvalue weighted by atomic mass is 16.5. The topological polar surface area (TPSA) is 66.5 Å². The molecule has 1 saturated heterocycles. The van der Waals surface area contributed by atoms with E-state index in [0.717, 1.165) is 60.0 Å². The van der Waals surface area contributed by atoms with Gasteiger partial charge in [-0.3, -0.25) is 4.79 Å². The molecule has 0 radical (unpaired) electrons. The number of hydrogen-bond donors (Lipinski definition) is 0. The van der Waals surface area contributed by atoms with Gasteiger partial charge in [0, 0.05) is 36.3 Å². The molecule has 1 aliphatic heterocycles. The number of ether oxygens (including phenoxy) is 5. The van der Waals surface area contributed by atoms with Gasteiger partial charge in [0.25, 0.3) is 0 Å². The molecule has 0 saturated carbocycles. The first-order valence-electron chi connectivity index (χ1n) is 12.9. The van der Waals surface area contributed by atoms with E-state index in [1.807, 2.05) is 42.5 Å². The summed E-state index contributed by atoms with van der Waals surface area (Å²) in [6.07, 6.45) is 2.49. The maximum atomic E-state index is 14.0. The molecule has 0 atom stereocenters. The SMILES string of the molecule is COc1ccc(C2=C(c3cc(OC)c(OC)c(OC)c3)C(=O)/C(=C\c3ccc(N4CCOCC4)cc3)C2)cc1. The van der Waals surface area contributed by atoms with Crippen LogP contribution in [0.5, 0.6) is 23.0 Å². The van der Waals surface area contributed by atoms with Gasteiger partial charge in [0.1, 0.15) is 5.75 Å². The highest BCUT2D eigenvalue weighted by Gasteiger charge is 2.31. The Hall–Kier alpha value is -4.23. The molecule has 0 amide bonds. The van der Waals surface area contributed by atoms with Crippen LogP contribution < -0.4 is 23.8 Å². The van der Waals surface area contributed by atoms with E-state index in [0.29, 0.717) is 34.8 Å². The van der Waals surface area contributed by atoms with Crippen molar-refractivity contribution in [3.8, 4) is 23.0 Å². The molecule has 3 aromatic rings. The second kappa shape index (κ2) is 11.7. The fourth-order valence-corrected chi connectivity index (χ4v) is 5.15. The molecular formula is C32H33NO6. The molecule has 5 rings (SSSR count). The Bertz CT molecular complexity index is 1370. The third-order valence-corrected chi connectivity index (χ3v) is 7.19. The molecule has 0 aromatic heterocycles. The maximum absolute atomic E-state index is 14.0. The number of carbonyl (C=O) groups is 1. The molecule has 2 aliphatic rings. The van der Waals surface area contributed by atoms with Gasteiger partial charge in [-0.1, -0.05) is 24.3 Å². The van der Waals surface area contributed by atoms with Gasteiger partial charge in [0.05, 0.1) is 41.7 Å². The summed E-state index contributed by atoms with van der Waals surface area (Å²) >= 11 is 0. The molecule has 0 unspecified atom stereocenters. The molecule has 7 heteroatoms. The van der Waals surface area contributed by atoms with Crippen LogP contribution >= 0.6 is 0 Å². The lowest BCUT2D eigenvalue weighted by atomic mass is 9.96. The van der Waals surface area contributed by atoms with Gasteiger partial charge in [-0.2, -0.15) is 0 Å². The van der Waals surface area contributed by atoms with E-state index in [2.05, 4.69) is 29.2 Å². The van der Waals surface area contributed by atoms with Crippen molar-refractivity contribution in [3.63, 3.8) is 0 Å². The molecule has 1 fully saturated rings. The minimum absolute atomic E-state index is 0.0210. The van der Waals surface area contributed by atoms with Crippen LogP contribution in [0.2, 0.25) is 0 Å². The van der Waals surface area contributed by atoms with Crippen molar-refractivity contribution in [2.45, 2.75) is 6.42 Å². The van der Waals surface area contributed by atoms with Crippen LogP contribution in [0, 0.1) is 0 Å².